The molecule has 2 rings (SSSR count). The topological polar surface area (TPSA) is 84.2 Å². The van der Waals surface area contributed by atoms with Crippen LogP contribution >= 0.6 is 11.8 Å². The highest BCUT2D eigenvalue weighted by atomic mass is 32.2. The highest BCUT2D eigenvalue weighted by Gasteiger charge is 2.08. The van der Waals surface area contributed by atoms with Crippen molar-refractivity contribution in [3.05, 3.63) is 60.2 Å². The van der Waals surface area contributed by atoms with E-state index in [2.05, 4.69) is 10.9 Å². The van der Waals surface area contributed by atoms with Gasteiger partial charge in [0.25, 0.3) is 5.91 Å². The molecule has 0 unspecified atom stereocenters. The third-order valence-corrected chi connectivity index (χ3v) is 3.72. The minimum absolute atomic E-state index is 0.170. The van der Waals surface area contributed by atoms with E-state index >= 15 is 0 Å². The number of thioether (sulfide) groups is 1. The zero-order chi connectivity index (χ0) is 15.1. The van der Waals surface area contributed by atoms with Crippen molar-refractivity contribution < 1.29 is 9.59 Å². The summed E-state index contributed by atoms with van der Waals surface area (Å²) in [5, 5.41) is 0. The Labute approximate surface area is 126 Å². The molecule has 2 aromatic carbocycles. The second-order valence-electron chi connectivity index (χ2n) is 4.19. The summed E-state index contributed by atoms with van der Waals surface area (Å²) in [6.45, 7) is 0. The molecule has 6 heteroatoms. The molecule has 0 radical (unpaired) electrons. The average molecular weight is 301 g/mol. The fraction of sp³-hybridized carbons (Fsp3) is 0.0667. The molecule has 2 amide bonds. The lowest BCUT2D eigenvalue weighted by Gasteiger charge is -2.08. The van der Waals surface area contributed by atoms with Crippen LogP contribution in [0, 0.1) is 0 Å². The van der Waals surface area contributed by atoms with Crippen LogP contribution in [0.5, 0.6) is 0 Å². The van der Waals surface area contributed by atoms with Gasteiger partial charge in [-0.25, -0.2) is 0 Å². The van der Waals surface area contributed by atoms with Crippen LogP contribution in [0.4, 0.5) is 5.69 Å². The molecule has 0 heterocycles. The molecule has 0 saturated carbocycles. The smallest absolute Gasteiger partial charge is 0.269 e. The fourth-order valence-corrected chi connectivity index (χ4v) is 2.35. The minimum atomic E-state index is -0.354. The summed E-state index contributed by atoms with van der Waals surface area (Å²) >= 11 is 1.31. The van der Waals surface area contributed by atoms with E-state index in [1.807, 2.05) is 24.3 Å². The van der Waals surface area contributed by atoms with Gasteiger partial charge in [-0.3, -0.25) is 20.4 Å². The van der Waals surface area contributed by atoms with E-state index in [1.165, 1.54) is 11.8 Å². The highest BCUT2D eigenvalue weighted by Crippen LogP contribution is 2.23. The molecule has 2 aromatic rings. The molecular weight excluding hydrogens is 286 g/mol. The Morgan fingerprint density at radius 2 is 1.62 bits per heavy atom. The number of amides is 2. The first-order chi connectivity index (χ1) is 10.2. The number of hydrogen-bond donors (Lipinski definition) is 3. The van der Waals surface area contributed by atoms with Gasteiger partial charge >= 0.3 is 0 Å². The Morgan fingerprint density at radius 1 is 0.952 bits per heavy atom. The zero-order valence-corrected chi connectivity index (χ0v) is 12.0. The molecule has 0 aliphatic heterocycles. The summed E-state index contributed by atoms with van der Waals surface area (Å²) < 4.78 is 0. The van der Waals surface area contributed by atoms with Gasteiger partial charge in [-0.05, 0) is 24.3 Å². The van der Waals surface area contributed by atoms with Gasteiger partial charge in [-0.1, -0.05) is 30.3 Å². The maximum Gasteiger partial charge on any atom is 0.269 e. The van der Waals surface area contributed by atoms with Crippen molar-refractivity contribution in [3.63, 3.8) is 0 Å². The van der Waals surface area contributed by atoms with Gasteiger partial charge in [0.2, 0.25) is 5.91 Å². The largest absolute Gasteiger partial charge is 0.398 e. The van der Waals surface area contributed by atoms with Gasteiger partial charge in [0.1, 0.15) is 0 Å². The van der Waals surface area contributed by atoms with Gasteiger partial charge in [0.15, 0.2) is 0 Å². The Kier molecular flexibility index (Phi) is 5.22. The Bertz CT molecular complexity index is 632. The van der Waals surface area contributed by atoms with Gasteiger partial charge < -0.3 is 5.73 Å². The molecule has 0 bridgehead atoms. The number of hydrazine groups is 1. The van der Waals surface area contributed by atoms with Crippen molar-refractivity contribution in [2.24, 2.45) is 0 Å². The molecule has 108 valence electrons. The molecule has 0 aromatic heterocycles. The predicted octanol–water partition coefficient (Wildman–Crippen LogP) is 1.82. The van der Waals surface area contributed by atoms with E-state index in [4.69, 9.17) is 5.73 Å². The van der Waals surface area contributed by atoms with Gasteiger partial charge in [0, 0.05) is 16.1 Å². The first-order valence-electron chi connectivity index (χ1n) is 6.28. The SMILES string of the molecule is Nc1ccccc1SCC(=O)NNC(=O)c1ccccc1. The van der Waals surface area contributed by atoms with Crippen LogP contribution in [0.25, 0.3) is 0 Å². The fourth-order valence-electron chi connectivity index (χ4n) is 1.58. The van der Waals surface area contributed by atoms with Crippen molar-refractivity contribution >= 4 is 29.3 Å². The maximum absolute atomic E-state index is 11.7. The lowest BCUT2D eigenvalue weighted by Crippen LogP contribution is -2.42. The molecule has 0 atom stereocenters. The van der Waals surface area contributed by atoms with Crippen molar-refractivity contribution in [2.45, 2.75) is 4.90 Å². The number of anilines is 1. The highest BCUT2D eigenvalue weighted by molar-refractivity contribution is 8.00. The standard InChI is InChI=1S/C15H15N3O2S/c16-12-8-4-5-9-13(12)21-10-14(19)17-18-15(20)11-6-2-1-3-7-11/h1-9H,10,16H2,(H,17,19)(H,18,20). The summed E-state index contributed by atoms with van der Waals surface area (Å²) in [6, 6.07) is 16.0. The predicted molar refractivity (Wildman–Crippen MR) is 83.6 cm³/mol. The number of para-hydroxylation sites is 1. The maximum atomic E-state index is 11.7. The third kappa shape index (κ3) is 4.54. The van der Waals surface area contributed by atoms with Crippen LogP contribution in [0.3, 0.4) is 0 Å². The molecule has 4 N–H and O–H groups in total. The van der Waals surface area contributed by atoms with Gasteiger partial charge in [-0.15, -0.1) is 11.8 Å². The Morgan fingerprint density at radius 3 is 2.33 bits per heavy atom. The van der Waals surface area contributed by atoms with Crippen LogP contribution in [-0.2, 0) is 4.79 Å². The number of carbonyl (C=O) groups is 2. The zero-order valence-electron chi connectivity index (χ0n) is 11.2. The molecule has 5 nitrogen and oxygen atoms in total. The van der Waals surface area contributed by atoms with E-state index in [0.717, 1.165) is 4.90 Å². The Balaban J connectivity index is 1.78. The molecule has 0 aliphatic carbocycles. The van der Waals surface area contributed by atoms with E-state index in [-0.39, 0.29) is 17.6 Å². The average Bonchev–Trinajstić information content (AvgIpc) is 2.52. The quantitative estimate of drug-likeness (QED) is 0.457. The number of nitrogens with two attached hydrogens (primary N) is 1. The van der Waals surface area contributed by atoms with Gasteiger partial charge in [0.05, 0.1) is 5.75 Å². The third-order valence-electron chi connectivity index (χ3n) is 2.63. The van der Waals surface area contributed by atoms with Crippen molar-refractivity contribution in [1.82, 2.24) is 10.9 Å². The molecule has 0 fully saturated rings. The van der Waals surface area contributed by atoms with Crippen molar-refractivity contribution in [3.8, 4) is 0 Å². The second-order valence-corrected chi connectivity index (χ2v) is 5.21. The lowest BCUT2D eigenvalue weighted by atomic mass is 10.2. The molecule has 21 heavy (non-hydrogen) atoms. The summed E-state index contributed by atoms with van der Waals surface area (Å²) in [7, 11) is 0. The van der Waals surface area contributed by atoms with E-state index in [0.29, 0.717) is 11.3 Å². The summed E-state index contributed by atoms with van der Waals surface area (Å²) in [5.41, 5.74) is 11.6. The number of benzene rings is 2. The number of carbonyl (C=O) groups excluding carboxylic acids is 2. The van der Waals surface area contributed by atoms with Crippen LogP contribution in [-0.4, -0.2) is 17.6 Å². The number of nitrogens with one attached hydrogen (secondary N) is 2. The minimum Gasteiger partial charge on any atom is -0.398 e. The molecule has 0 aliphatic rings. The van der Waals surface area contributed by atoms with Crippen LogP contribution in [0.2, 0.25) is 0 Å². The van der Waals surface area contributed by atoms with Gasteiger partial charge in [-0.2, -0.15) is 0 Å². The van der Waals surface area contributed by atoms with Crippen molar-refractivity contribution in [2.75, 3.05) is 11.5 Å². The Hall–Kier alpha value is -2.47. The number of nitrogen functional groups attached to an aromatic ring is 1. The van der Waals surface area contributed by atoms with E-state index < -0.39 is 0 Å². The van der Waals surface area contributed by atoms with Crippen LogP contribution in [0.15, 0.2) is 59.5 Å². The number of hydrogen-bond acceptors (Lipinski definition) is 4. The molecule has 0 saturated heterocycles. The second kappa shape index (κ2) is 7.35. The van der Waals surface area contributed by atoms with Crippen molar-refractivity contribution in [1.29, 1.82) is 0 Å². The first-order valence-corrected chi connectivity index (χ1v) is 7.27. The molecular formula is C15H15N3O2S. The summed E-state index contributed by atoms with van der Waals surface area (Å²) in [6.07, 6.45) is 0. The van der Waals surface area contributed by atoms with Crippen LogP contribution in [0.1, 0.15) is 10.4 Å². The molecule has 0 spiro atoms. The monoisotopic (exact) mass is 301 g/mol. The summed E-state index contributed by atoms with van der Waals surface area (Å²) in [4.78, 5) is 24.2. The van der Waals surface area contributed by atoms with E-state index in [9.17, 15) is 9.59 Å². The van der Waals surface area contributed by atoms with Crippen LogP contribution < -0.4 is 16.6 Å². The first kappa shape index (κ1) is 14.9. The lowest BCUT2D eigenvalue weighted by molar-refractivity contribution is -0.119. The summed E-state index contributed by atoms with van der Waals surface area (Å²) in [5.74, 6) is -0.482. The van der Waals surface area contributed by atoms with E-state index in [1.54, 1.807) is 30.3 Å². The normalized spacial score (nSPS) is 9.90. The number of rotatable bonds is 4.